The maximum Gasteiger partial charge on any atom is 0.279 e. The summed E-state index contributed by atoms with van der Waals surface area (Å²) in [6.45, 7) is 5.43. The fraction of sp³-hybridized carbons (Fsp3) is 0.235. The first-order chi connectivity index (χ1) is 11.4. The normalized spacial score (nSPS) is 10.1. The van der Waals surface area contributed by atoms with E-state index < -0.39 is 5.91 Å². The Morgan fingerprint density at radius 2 is 1.71 bits per heavy atom. The van der Waals surface area contributed by atoms with E-state index in [-0.39, 0.29) is 18.2 Å². The second kappa shape index (κ2) is 7.74. The van der Waals surface area contributed by atoms with E-state index in [2.05, 4.69) is 16.2 Å². The molecule has 0 atom stereocenters. The molecule has 6 nitrogen and oxygen atoms in total. The molecule has 7 heteroatoms. The summed E-state index contributed by atoms with van der Waals surface area (Å²) in [4.78, 5) is 35.8. The molecule has 0 aliphatic rings. The van der Waals surface area contributed by atoms with Crippen LogP contribution in [0.2, 0.25) is 0 Å². The number of nitrogens with one attached hydrogen (secondary N) is 3. The Balaban J connectivity index is 1.82. The molecule has 1 aromatic heterocycles. The number of anilines is 1. The van der Waals surface area contributed by atoms with Crippen LogP contribution in [0.15, 0.2) is 30.3 Å². The summed E-state index contributed by atoms with van der Waals surface area (Å²) in [5.74, 6) is -0.917. The molecule has 0 saturated carbocycles. The molecule has 0 radical (unpaired) electrons. The molecule has 0 aliphatic carbocycles. The van der Waals surface area contributed by atoms with Crippen molar-refractivity contribution in [3.8, 4) is 0 Å². The first-order valence-corrected chi connectivity index (χ1v) is 8.19. The van der Waals surface area contributed by atoms with Gasteiger partial charge < -0.3 is 5.32 Å². The number of carbonyl (C=O) groups excluding carboxylic acids is 3. The molecule has 2 aromatic rings. The third kappa shape index (κ3) is 4.66. The molecule has 0 fully saturated rings. The Morgan fingerprint density at radius 1 is 1.00 bits per heavy atom. The van der Waals surface area contributed by atoms with Crippen LogP contribution < -0.4 is 16.2 Å². The molecule has 0 spiro atoms. The van der Waals surface area contributed by atoms with Gasteiger partial charge in [-0.3, -0.25) is 25.2 Å². The molecule has 1 aromatic carbocycles. The highest BCUT2D eigenvalue weighted by Crippen LogP contribution is 2.17. The number of ketones is 1. The Hall–Kier alpha value is -2.67. The van der Waals surface area contributed by atoms with Gasteiger partial charge in [0.05, 0.1) is 16.3 Å². The van der Waals surface area contributed by atoms with Crippen LogP contribution in [-0.2, 0) is 4.79 Å². The summed E-state index contributed by atoms with van der Waals surface area (Å²) in [5, 5.41) is 3.02. The molecule has 0 unspecified atom stereocenters. The van der Waals surface area contributed by atoms with Gasteiger partial charge in [-0.15, -0.1) is 11.3 Å². The zero-order valence-corrected chi connectivity index (χ0v) is 14.5. The van der Waals surface area contributed by atoms with Crippen molar-refractivity contribution in [1.29, 1.82) is 0 Å². The van der Waals surface area contributed by atoms with Gasteiger partial charge in [-0.2, -0.15) is 0 Å². The molecule has 0 aliphatic heterocycles. The van der Waals surface area contributed by atoms with Gasteiger partial charge in [-0.05, 0) is 44.5 Å². The first kappa shape index (κ1) is 17.7. The molecule has 0 saturated heterocycles. The average Bonchev–Trinajstić information content (AvgIpc) is 3.02. The standard InChI is InChI=1S/C17H19N3O3S/c1-10-4-5-13(11(2)8-10)18-9-16(22)19-20-17(23)15-7-6-14(24-15)12(3)21/h4-8,18H,9H2,1-3H3,(H,19,22)(H,20,23). The predicted molar refractivity (Wildman–Crippen MR) is 94.3 cm³/mol. The Labute approximate surface area is 144 Å². The van der Waals surface area contributed by atoms with E-state index in [0.29, 0.717) is 9.75 Å². The molecule has 2 rings (SSSR count). The number of hydrogen-bond acceptors (Lipinski definition) is 5. The number of amides is 2. The zero-order chi connectivity index (χ0) is 17.7. The quantitative estimate of drug-likeness (QED) is 0.574. The highest BCUT2D eigenvalue weighted by molar-refractivity contribution is 7.15. The third-order valence-electron chi connectivity index (χ3n) is 3.31. The molecule has 2 amide bonds. The molecule has 3 N–H and O–H groups in total. The number of hydrogen-bond donors (Lipinski definition) is 3. The summed E-state index contributed by atoms with van der Waals surface area (Å²) in [7, 11) is 0. The van der Waals surface area contributed by atoms with Crippen molar-refractivity contribution in [2.24, 2.45) is 0 Å². The van der Waals surface area contributed by atoms with Gasteiger partial charge in [0.2, 0.25) is 0 Å². The van der Waals surface area contributed by atoms with E-state index in [4.69, 9.17) is 0 Å². The number of thiophene rings is 1. The fourth-order valence-corrected chi connectivity index (χ4v) is 2.87. The molecule has 24 heavy (non-hydrogen) atoms. The topological polar surface area (TPSA) is 87.3 Å². The van der Waals surface area contributed by atoms with E-state index in [1.165, 1.54) is 6.92 Å². The van der Waals surface area contributed by atoms with Crippen LogP contribution in [-0.4, -0.2) is 24.1 Å². The zero-order valence-electron chi connectivity index (χ0n) is 13.7. The SMILES string of the molecule is CC(=O)c1ccc(C(=O)NNC(=O)CNc2ccc(C)cc2C)s1. The van der Waals surface area contributed by atoms with Crippen LogP contribution in [0.1, 0.15) is 37.4 Å². The first-order valence-electron chi connectivity index (χ1n) is 7.38. The molecule has 0 bridgehead atoms. The van der Waals surface area contributed by atoms with Crippen LogP contribution in [0.4, 0.5) is 5.69 Å². The summed E-state index contributed by atoms with van der Waals surface area (Å²) < 4.78 is 0. The minimum absolute atomic E-state index is 0.0350. The number of aryl methyl sites for hydroxylation is 2. The monoisotopic (exact) mass is 345 g/mol. The van der Waals surface area contributed by atoms with Gasteiger partial charge >= 0.3 is 0 Å². The van der Waals surface area contributed by atoms with E-state index in [0.717, 1.165) is 28.2 Å². The van der Waals surface area contributed by atoms with Crippen molar-refractivity contribution in [3.05, 3.63) is 51.2 Å². The lowest BCUT2D eigenvalue weighted by molar-refractivity contribution is -0.120. The largest absolute Gasteiger partial charge is 0.376 e. The fourth-order valence-electron chi connectivity index (χ4n) is 2.07. The second-order valence-electron chi connectivity index (χ2n) is 5.39. The summed E-state index contributed by atoms with van der Waals surface area (Å²) in [5.41, 5.74) is 7.73. The maximum atomic E-state index is 11.9. The Bertz CT molecular complexity index is 783. The van der Waals surface area contributed by atoms with Gasteiger partial charge in [0.15, 0.2) is 5.78 Å². The van der Waals surface area contributed by atoms with Crippen molar-refractivity contribution in [2.75, 3.05) is 11.9 Å². The van der Waals surface area contributed by atoms with Crippen molar-refractivity contribution < 1.29 is 14.4 Å². The smallest absolute Gasteiger partial charge is 0.279 e. The van der Waals surface area contributed by atoms with E-state index in [9.17, 15) is 14.4 Å². The van der Waals surface area contributed by atoms with Crippen molar-refractivity contribution in [1.82, 2.24) is 10.9 Å². The summed E-state index contributed by atoms with van der Waals surface area (Å²) in [6, 6.07) is 9.03. The number of benzene rings is 1. The van der Waals surface area contributed by atoms with E-state index in [1.807, 2.05) is 32.0 Å². The Kier molecular flexibility index (Phi) is 5.70. The number of Topliss-reactive ketones (excluding diaryl/α,β-unsaturated/α-hetero) is 1. The second-order valence-corrected chi connectivity index (χ2v) is 6.48. The highest BCUT2D eigenvalue weighted by Gasteiger charge is 2.12. The summed E-state index contributed by atoms with van der Waals surface area (Å²) in [6.07, 6.45) is 0. The van der Waals surface area contributed by atoms with Crippen LogP contribution in [0, 0.1) is 13.8 Å². The molecular formula is C17H19N3O3S. The van der Waals surface area contributed by atoms with Crippen molar-refractivity contribution in [2.45, 2.75) is 20.8 Å². The maximum absolute atomic E-state index is 11.9. The minimum atomic E-state index is -0.452. The third-order valence-corrected chi connectivity index (χ3v) is 4.50. The molecule has 1 heterocycles. The van der Waals surface area contributed by atoms with Crippen LogP contribution in [0.5, 0.6) is 0 Å². The van der Waals surface area contributed by atoms with Crippen molar-refractivity contribution in [3.63, 3.8) is 0 Å². The van der Waals surface area contributed by atoms with Gasteiger partial charge in [-0.25, -0.2) is 0 Å². The van der Waals surface area contributed by atoms with Crippen LogP contribution >= 0.6 is 11.3 Å². The molecular weight excluding hydrogens is 326 g/mol. The average molecular weight is 345 g/mol. The lowest BCUT2D eigenvalue weighted by Crippen LogP contribution is -2.43. The van der Waals surface area contributed by atoms with Crippen LogP contribution in [0.3, 0.4) is 0 Å². The lowest BCUT2D eigenvalue weighted by Gasteiger charge is -2.11. The minimum Gasteiger partial charge on any atom is -0.376 e. The highest BCUT2D eigenvalue weighted by atomic mass is 32.1. The van der Waals surface area contributed by atoms with Crippen molar-refractivity contribution >= 4 is 34.6 Å². The molecule has 126 valence electrons. The Morgan fingerprint density at radius 3 is 2.33 bits per heavy atom. The number of rotatable bonds is 5. The van der Waals surface area contributed by atoms with Gasteiger partial charge in [0, 0.05) is 5.69 Å². The summed E-state index contributed by atoms with van der Waals surface area (Å²) >= 11 is 1.09. The predicted octanol–water partition coefficient (Wildman–Crippen LogP) is 2.44. The van der Waals surface area contributed by atoms with Gasteiger partial charge in [0.25, 0.3) is 11.8 Å². The number of hydrazine groups is 1. The van der Waals surface area contributed by atoms with Gasteiger partial charge in [0.1, 0.15) is 0 Å². The van der Waals surface area contributed by atoms with Crippen LogP contribution in [0.25, 0.3) is 0 Å². The lowest BCUT2D eigenvalue weighted by atomic mass is 10.1. The van der Waals surface area contributed by atoms with Gasteiger partial charge in [-0.1, -0.05) is 17.7 Å². The van der Waals surface area contributed by atoms with E-state index in [1.54, 1.807) is 12.1 Å². The van der Waals surface area contributed by atoms with E-state index >= 15 is 0 Å². The number of carbonyl (C=O) groups is 3.